The number of hydrogen-bond donors (Lipinski definition) is 2. The Morgan fingerprint density at radius 2 is 1.96 bits per heavy atom. The van der Waals surface area contributed by atoms with Gasteiger partial charge >= 0.3 is 5.97 Å². The number of ether oxygens (including phenoxy) is 1. The molecule has 0 aromatic heterocycles. The van der Waals surface area contributed by atoms with Crippen molar-refractivity contribution in [1.82, 2.24) is 10.2 Å². The number of carbonyl (C=O) groups excluding carboxylic acids is 1. The minimum atomic E-state index is -0.903. The molecule has 2 atom stereocenters. The highest BCUT2D eigenvalue weighted by Gasteiger charge is 2.41. The Kier molecular flexibility index (Phi) is 7.21. The summed E-state index contributed by atoms with van der Waals surface area (Å²) in [4.78, 5) is 25.9. The van der Waals surface area contributed by atoms with Crippen LogP contribution >= 0.6 is 0 Å². The van der Waals surface area contributed by atoms with Crippen LogP contribution in [0.3, 0.4) is 0 Å². The summed E-state index contributed by atoms with van der Waals surface area (Å²) < 4.78 is 5.23. The molecular formula is C18H26N2O4. The molecule has 132 valence electrons. The van der Waals surface area contributed by atoms with Gasteiger partial charge in [0, 0.05) is 39.4 Å². The first-order valence-electron chi connectivity index (χ1n) is 8.46. The highest BCUT2D eigenvalue weighted by atomic mass is 16.5. The molecule has 1 heterocycles. The molecule has 1 amide bonds. The van der Waals surface area contributed by atoms with Gasteiger partial charge in [-0.15, -0.1) is 0 Å². The number of hydrogen-bond acceptors (Lipinski definition) is 4. The van der Waals surface area contributed by atoms with E-state index in [1.165, 1.54) is 0 Å². The molecule has 2 rings (SSSR count). The number of carbonyl (C=O) groups is 2. The lowest BCUT2D eigenvalue weighted by atomic mass is 9.95. The fraction of sp³-hybridized carbons (Fsp3) is 0.556. The van der Waals surface area contributed by atoms with Gasteiger partial charge in [-0.2, -0.15) is 0 Å². The molecule has 6 nitrogen and oxygen atoms in total. The predicted octanol–water partition coefficient (Wildman–Crippen LogP) is 1.36. The Balaban J connectivity index is 1.87. The number of benzene rings is 1. The van der Waals surface area contributed by atoms with Gasteiger partial charge in [-0.05, 0) is 18.9 Å². The maximum absolute atomic E-state index is 12.3. The summed E-state index contributed by atoms with van der Waals surface area (Å²) >= 11 is 0. The lowest BCUT2D eigenvalue weighted by Crippen LogP contribution is -2.38. The zero-order valence-corrected chi connectivity index (χ0v) is 14.1. The number of nitrogens with one attached hydrogen (secondary N) is 1. The van der Waals surface area contributed by atoms with Crippen molar-refractivity contribution in [1.29, 1.82) is 0 Å². The van der Waals surface area contributed by atoms with Crippen LogP contribution in [0, 0.1) is 11.8 Å². The largest absolute Gasteiger partial charge is 0.481 e. The summed E-state index contributed by atoms with van der Waals surface area (Å²) in [6.07, 6.45) is 0.734. The van der Waals surface area contributed by atoms with Crippen molar-refractivity contribution in [2.75, 3.05) is 32.8 Å². The molecule has 0 radical (unpaired) electrons. The molecule has 1 saturated heterocycles. The minimum Gasteiger partial charge on any atom is -0.481 e. The van der Waals surface area contributed by atoms with E-state index in [1.54, 1.807) is 0 Å². The quantitative estimate of drug-likeness (QED) is 0.667. The standard InChI is InChI=1S/C18H26N2O4/c1-2-24-10-6-9-19-17(21)15-12-20(13-16(15)18(22)23)11-14-7-4-3-5-8-14/h3-5,7-8,15-16H,2,6,9-13H2,1H3,(H,19,21)(H,22,23)/t15-,16+/m0/s1. The first-order valence-corrected chi connectivity index (χ1v) is 8.46. The van der Waals surface area contributed by atoms with Crippen molar-refractivity contribution in [3.63, 3.8) is 0 Å². The van der Waals surface area contributed by atoms with Gasteiger partial charge in [0.25, 0.3) is 0 Å². The van der Waals surface area contributed by atoms with Crippen molar-refractivity contribution in [3.8, 4) is 0 Å². The molecule has 0 aliphatic carbocycles. The number of nitrogens with zero attached hydrogens (tertiary/aromatic N) is 1. The lowest BCUT2D eigenvalue weighted by molar-refractivity contribution is -0.145. The first kappa shape index (κ1) is 18.4. The van der Waals surface area contributed by atoms with Crippen LogP contribution in [0.15, 0.2) is 30.3 Å². The SMILES string of the molecule is CCOCCCNC(=O)[C@H]1CN(Cc2ccccc2)C[C@H]1C(=O)O. The summed E-state index contributed by atoms with van der Waals surface area (Å²) in [5.74, 6) is -2.23. The Morgan fingerprint density at radius 1 is 1.25 bits per heavy atom. The fourth-order valence-electron chi connectivity index (χ4n) is 3.03. The molecule has 0 spiro atoms. The Hall–Kier alpha value is -1.92. The van der Waals surface area contributed by atoms with Crippen LogP contribution in [0.2, 0.25) is 0 Å². The molecule has 0 saturated carbocycles. The zero-order valence-electron chi connectivity index (χ0n) is 14.1. The van der Waals surface area contributed by atoms with E-state index in [1.807, 2.05) is 42.2 Å². The Labute approximate surface area is 142 Å². The molecule has 1 aliphatic rings. The number of carboxylic acids is 1. The summed E-state index contributed by atoms with van der Waals surface area (Å²) in [6.45, 7) is 5.25. The Bertz CT molecular complexity index is 535. The van der Waals surface area contributed by atoms with Crippen LogP contribution in [0.5, 0.6) is 0 Å². The molecule has 1 fully saturated rings. The van der Waals surface area contributed by atoms with E-state index < -0.39 is 17.8 Å². The van der Waals surface area contributed by atoms with E-state index in [-0.39, 0.29) is 5.91 Å². The Morgan fingerprint density at radius 3 is 2.62 bits per heavy atom. The second kappa shape index (κ2) is 9.39. The highest BCUT2D eigenvalue weighted by molar-refractivity contribution is 5.85. The van der Waals surface area contributed by atoms with Gasteiger partial charge in [-0.3, -0.25) is 14.5 Å². The average molecular weight is 334 g/mol. The molecule has 1 aliphatic heterocycles. The van der Waals surface area contributed by atoms with Gasteiger partial charge in [0.05, 0.1) is 11.8 Å². The van der Waals surface area contributed by atoms with E-state index in [0.717, 1.165) is 12.0 Å². The van der Waals surface area contributed by atoms with E-state index in [0.29, 0.717) is 39.4 Å². The second-order valence-corrected chi connectivity index (χ2v) is 6.07. The monoisotopic (exact) mass is 334 g/mol. The van der Waals surface area contributed by atoms with Crippen molar-refractivity contribution in [2.45, 2.75) is 19.9 Å². The predicted molar refractivity (Wildman–Crippen MR) is 90.5 cm³/mol. The van der Waals surface area contributed by atoms with Crippen LogP contribution in [0.4, 0.5) is 0 Å². The number of likely N-dealkylation sites (tertiary alicyclic amines) is 1. The maximum atomic E-state index is 12.3. The van der Waals surface area contributed by atoms with Crippen LogP contribution < -0.4 is 5.32 Å². The molecule has 1 aromatic rings. The molecule has 6 heteroatoms. The van der Waals surface area contributed by atoms with Gasteiger partial charge in [0.15, 0.2) is 0 Å². The van der Waals surface area contributed by atoms with Gasteiger partial charge in [0.2, 0.25) is 5.91 Å². The molecule has 0 bridgehead atoms. The van der Waals surface area contributed by atoms with Crippen LogP contribution in [-0.4, -0.2) is 54.7 Å². The summed E-state index contributed by atoms with van der Waals surface area (Å²) in [5.41, 5.74) is 1.12. The summed E-state index contributed by atoms with van der Waals surface area (Å²) in [6, 6.07) is 9.89. The third-order valence-corrected chi connectivity index (χ3v) is 4.27. The van der Waals surface area contributed by atoms with E-state index in [9.17, 15) is 14.7 Å². The number of carboxylic acid groups (broad SMARTS) is 1. The third kappa shape index (κ3) is 5.32. The zero-order chi connectivity index (χ0) is 17.4. The third-order valence-electron chi connectivity index (χ3n) is 4.27. The summed E-state index contributed by atoms with van der Waals surface area (Å²) in [7, 11) is 0. The van der Waals surface area contributed by atoms with Crippen molar-refractivity contribution in [2.24, 2.45) is 11.8 Å². The molecule has 24 heavy (non-hydrogen) atoms. The first-order chi connectivity index (χ1) is 11.6. The average Bonchev–Trinajstić information content (AvgIpc) is 2.99. The van der Waals surface area contributed by atoms with E-state index in [2.05, 4.69) is 5.32 Å². The van der Waals surface area contributed by atoms with Crippen molar-refractivity contribution < 1.29 is 19.4 Å². The molecule has 2 N–H and O–H groups in total. The summed E-state index contributed by atoms with van der Waals surface area (Å²) in [5, 5.41) is 12.3. The molecular weight excluding hydrogens is 308 g/mol. The second-order valence-electron chi connectivity index (χ2n) is 6.07. The van der Waals surface area contributed by atoms with Gasteiger partial charge in [-0.1, -0.05) is 30.3 Å². The minimum absolute atomic E-state index is 0.172. The van der Waals surface area contributed by atoms with Crippen molar-refractivity contribution in [3.05, 3.63) is 35.9 Å². The molecule has 1 aromatic carbocycles. The van der Waals surface area contributed by atoms with E-state index in [4.69, 9.17) is 4.74 Å². The topological polar surface area (TPSA) is 78.9 Å². The number of aliphatic carboxylic acids is 1. The number of rotatable bonds is 9. The van der Waals surface area contributed by atoms with Crippen LogP contribution in [-0.2, 0) is 20.9 Å². The van der Waals surface area contributed by atoms with Gasteiger partial charge < -0.3 is 15.2 Å². The number of amides is 1. The van der Waals surface area contributed by atoms with Gasteiger partial charge in [0.1, 0.15) is 0 Å². The fourth-order valence-corrected chi connectivity index (χ4v) is 3.03. The lowest BCUT2D eigenvalue weighted by Gasteiger charge is -2.16. The maximum Gasteiger partial charge on any atom is 0.308 e. The molecule has 0 unspecified atom stereocenters. The van der Waals surface area contributed by atoms with Gasteiger partial charge in [-0.25, -0.2) is 0 Å². The smallest absolute Gasteiger partial charge is 0.308 e. The van der Waals surface area contributed by atoms with Crippen LogP contribution in [0.25, 0.3) is 0 Å². The van der Waals surface area contributed by atoms with E-state index >= 15 is 0 Å². The van der Waals surface area contributed by atoms with Crippen molar-refractivity contribution >= 4 is 11.9 Å². The highest BCUT2D eigenvalue weighted by Crippen LogP contribution is 2.25. The van der Waals surface area contributed by atoms with Crippen LogP contribution in [0.1, 0.15) is 18.9 Å². The normalized spacial score (nSPS) is 20.9.